The van der Waals surface area contributed by atoms with Crippen molar-refractivity contribution < 1.29 is 19.8 Å². The Balaban J connectivity index is 1.57. The van der Waals surface area contributed by atoms with Crippen molar-refractivity contribution >= 4 is 11.8 Å². The smallest absolute Gasteiger partial charge is 0.306 e. The second-order valence-corrected chi connectivity index (χ2v) is 10.1. The van der Waals surface area contributed by atoms with Gasteiger partial charge in [-0.15, -0.1) is 0 Å². The molecule has 7 atom stereocenters. The first kappa shape index (κ1) is 17.5. The number of aliphatic hydroxyl groups is 1. The zero-order valence-electron chi connectivity index (χ0n) is 15.6. The van der Waals surface area contributed by atoms with Crippen molar-refractivity contribution in [1.29, 1.82) is 0 Å². The molecular formula is C21H32O4. The fourth-order valence-electron chi connectivity index (χ4n) is 7.54. The van der Waals surface area contributed by atoms with Gasteiger partial charge in [-0.1, -0.05) is 13.8 Å². The number of ketones is 1. The fraction of sp³-hybridized carbons (Fsp3) is 0.905. The maximum Gasteiger partial charge on any atom is 0.306 e. The Bertz CT molecular complexity index is 601. The van der Waals surface area contributed by atoms with E-state index in [2.05, 4.69) is 13.8 Å². The number of fused-ring (bicyclic) bond motifs is 5. The molecule has 4 aliphatic rings. The zero-order chi connectivity index (χ0) is 18.0. The number of hydrogen-bond acceptors (Lipinski definition) is 3. The molecule has 4 rings (SSSR count). The van der Waals surface area contributed by atoms with E-state index in [0.717, 1.165) is 44.9 Å². The molecule has 0 aromatic carbocycles. The van der Waals surface area contributed by atoms with Crippen LogP contribution < -0.4 is 0 Å². The molecule has 0 aliphatic heterocycles. The third kappa shape index (κ3) is 2.50. The van der Waals surface area contributed by atoms with E-state index in [1.165, 1.54) is 0 Å². The molecule has 2 N–H and O–H groups in total. The van der Waals surface area contributed by atoms with Crippen LogP contribution >= 0.6 is 0 Å². The number of hydrogen-bond donors (Lipinski definition) is 2. The van der Waals surface area contributed by atoms with Crippen LogP contribution in [0.4, 0.5) is 0 Å². The highest BCUT2D eigenvalue weighted by molar-refractivity contribution is 5.87. The monoisotopic (exact) mass is 348 g/mol. The van der Waals surface area contributed by atoms with E-state index in [-0.39, 0.29) is 17.3 Å². The molecule has 4 nitrogen and oxygen atoms in total. The fourth-order valence-corrected chi connectivity index (χ4v) is 7.54. The van der Waals surface area contributed by atoms with Gasteiger partial charge in [-0.05, 0) is 80.5 Å². The van der Waals surface area contributed by atoms with Gasteiger partial charge in [0, 0.05) is 11.8 Å². The third-order valence-electron chi connectivity index (χ3n) is 9.01. The van der Waals surface area contributed by atoms with E-state index in [1.54, 1.807) is 0 Å². The van der Waals surface area contributed by atoms with E-state index in [9.17, 15) is 14.7 Å². The van der Waals surface area contributed by atoms with Gasteiger partial charge in [0.25, 0.3) is 0 Å². The summed E-state index contributed by atoms with van der Waals surface area (Å²) in [5, 5.41) is 19.9. The van der Waals surface area contributed by atoms with E-state index in [1.807, 2.05) is 0 Å². The summed E-state index contributed by atoms with van der Waals surface area (Å²) in [6, 6.07) is 0. The van der Waals surface area contributed by atoms with Crippen molar-refractivity contribution in [2.24, 2.45) is 34.5 Å². The van der Waals surface area contributed by atoms with Crippen molar-refractivity contribution in [3.8, 4) is 0 Å². The van der Waals surface area contributed by atoms with E-state index < -0.39 is 11.6 Å². The highest BCUT2D eigenvalue weighted by atomic mass is 16.4. The molecule has 140 valence electrons. The van der Waals surface area contributed by atoms with Gasteiger partial charge in [0.2, 0.25) is 0 Å². The molecule has 25 heavy (non-hydrogen) atoms. The van der Waals surface area contributed by atoms with Gasteiger partial charge in [-0.2, -0.15) is 0 Å². The molecule has 0 radical (unpaired) electrons. The molecule has 4 saturated carbocycles. The van der Waals surface area contributed by atoms with Crippen LogP contribution in [0.2, 0.25) is 0 Å². The third-order valence-corrected chi connectivity index (χ3v) is 9.01. The van der Waals surface area contributed by atoms with Crippen molar-refractivity contribution in [3.63, 3.8) is 0 Å². The Kier molecular flexibility index (Phi) is 3.89. The Morgan fingerprint density at radius 3 is 2.56 bits per heavy atom. The minimum Gasteiger partial charge on any atom is -0.481 e. The number of rotatable bonds is 2. The van der Waals surface area contributed by atoms with Crippen LogP contribution in [0.25, 0.3) is 0 Å². The predicted molar refractivity (Wildman–Crippen MR) is 93.9 cm³/mol. The minimum atomic E-state index is -1.02. The highest BCUT2D eigenvalue weighted by Gasteiger charge is 2.61. The first-order chi connectivity index (χ1) is 11.7. The van der Waals surface area contributed by atoms with E-state index >= 15 is 0 Å². The molecule has 0 amide bonds. The Morgan fingerprint density at radius 2 is 1.84 bits per heavy atom. The number of carbonyl (C=O) groups excluding carboxylic acids is 1. The lowest BCUT2D eigenvalue weighted by Gasteiger charge is -2.61. The van der Waals surface area contributed by atoms with Crippen molar-refractivity contribution in [3.05, 3.63) is 0 Å². The molecule has 4 fully saturated rings. The van der Waals surface area contributed by atoms with Gasteiger partial charge in [-0.3, -0.25) is 9.59 Å². The Morgan fingerprint density at radius 1 is 1.08 bits per heavy atom. The molecular weight excluding hydrogens is 316 g/mol. The van der Waals surface area contributed by atoms with Crippen molar-refractivity contribution in [2.75, 3.05) is 0 Å². The van der Waals surface area contributed by atoms with Gasteiger partial charge in [0.05, 0.1) is 12.0 Å². The van der Waals surface area contributed by atoms with Gasteiger partial charge >= 0.3 is 5.97 Å². The van der Waals surface area contributed by atoms with Gasteiger partial charge in [-0.25, -0.2) is 0 Å². The number of aliphatic carboxylic acids is 1. The molecule has 0 heterocycles. The average Bonchev–Trinajstić information content (AvgIpc) is 2.83. The standard InChI is InChI=1S/C21H32O4/c1-19-9-10-21(25,12-18(23)24)11-13(19)3-4-14-15-5-6-17(22)20(15,2)8-7-16(14)19/h13-16,25H,3-12H2,1-2H3,(H,23,24)/t13-,14-,15-,16-,19-,20-,21+/m0/s1. The average molecular weight is 348 g/mol. The number of carboxylic acid groups (broad SMARTS) is 1. The van der Waals surface area contributed by atoms with Crippen LogP contribution in [-0.4, -0.2) is 27.6 Å². The molecule has 0 aromatic rings. The molecule has 0 bridgehead atoms. The predicted octanol–water partition coefficient (Wildman–Crippen LogP) is 3.80. The normalized spacial score (nSPS) is 52.2. The lowest BCUT2D eigenvalue weighted by Crippen LogP contribution is -2.56. The van der Waals surface area contributed by atoms with Crippen LogP contribution in [-0.2, 0) is 9.59 Å². The van der Waals surface area contributed by atoms with Crippen molar-refractivity contribution in [2.45, 2.75) is 83.7 Å². The van der Waals surface area contributed by atoms with Crippen molar-refractivity contribution in [1.82, 2.24) is 0 Å². The number of carboxylic acids is 1. The van der Waals surface area contributed by atoms with Crippen LogP contribution in [0.15, 0.2) is 0 Å². The van der Waals surface area contributed by atoms with Crippen LogP contribution in [0.3, 0.4) is 0 Å². The van der Waals surface area contributed by atoms with E-state index in [0.29, 0.717) is 42.3 Å². The van der Waals surface area contributed by atoms with Crippen LogP contribution in [0.1, 0.15) is 78.1 Å². The highest BCUT2D eigenvalue weighted by Crippen LogP contribution is 2.66. The second kappa shape index (κ2) is 5.55. The molecule has 0 saturated heterocycles. The SMILES string of the molecule is C[C@]12CC[C@](O)(CC(=O)O)C[C@@H]1CC[C@@H]1[C@@H]2CC[C@]2(C)C(=O)CC[C@@H]12. The molecule has 0 aromatic heterocycles. The molecule has 4 heteroatoms. The van der Waals surface area contributed by atoms with E-state index in [4.69, 9.17) is 5.11 Å². The lowest BCUT2D eigenvalue weighted by atomic mass is 9.44. The summed E-state index contributed by atoms with van der Waals surface area (Å²) in [7, 11) is 0. The van der Waals surface area contributed by atoms with Crippen LogP contribution in [0, 0.1) is 34.5 Å². The maximum atomic E-state index is 12.5. The van der Waals surface area contributed by atoms with Gasteiger partial charge in [0.15, 0.2) is 0 Å². The summed E-state index contributed by atoms with van der Waals surface area (Å²) in [5.74, 6) is 1.87. The summed E-state index contributed by atoms with van der Waals surface area (Å²) < 4.78 is 0. The first-order valence-corrected chi connectivity index (χ1v) is 10.2. The summed E-state index contributed by atoms with van der Waals surface area (Å²) in [6.07, 6.45) is 8.29. The topological polar surface area (TPSA) is 74.6 Å². The largest absolute Gasteiger partial charge is 0.481 e. The minimum absolute atomic E-state index is 0.0803. The molecule has 4 aliphatic carbocycles. The second-order valence-electron chi connectivity index (χ2n) is 10.1. The Labute approximate surface area is 150 Å². The Hall–Kier alpha value is -0.900. The molecule has 0 unspecified atom stereocenters. The van der Waals surface area contributed by atoms with Crippen LogP contribution in [0.5, 0.6) is 0 Å². The summed E-state index contributed by atoms with van der Waals surface area (Å²) in [5.41, 5.74) is -0.890. The number of carbonyl (C=O) groups is 2. The van der Waals surface area contributed by atoms with Gasteiger partial charge in [0.1, 0.15) is 5.78 Å². The quantitative estimate of drug-likeness (QED) is 0.796. The summed E-state index contributed by atoms with van der Waals surface area (Å²) >= 11 is 0. The lowest BCUT2D eigenvalue weighted by molar-refractivity contribution is -0.163. The summed E-state index contributed by atoms with van der Waals surface area (Å²) in [6.45, 7) is 4.61. The number of Topliss-reactive ketones (excluding diaryl/α,β-unsaturated/α-hetero) is 1. The zero-order valence-corrected chi connectivity index (χ0v) is 15.6. The molecule has 0 spiro atoms. The van der Waals surface area contributed by atoms with Gasteiger partial charge < -0.3 is 10.2 Å². The first-order valence-electron chi connectivity index (χ1n) is 10.2. The summed E-state index contributed by atoms with van der Waals surface area (Å²) in [4.78, 5) is 23.6. The maximum absolute atomic E-state index is 12.5.